The number of nitrogens with two attached hydrogens (primary N) is 1. The number of carboxylic acids is 2. The minimum atomic E-state index is -1.17. The SMILES string of the molecule is CC(C)CC(=O)CN[C@@H](CCCCNC(=O)COCCOCCCC(=O)CC[C@H](NC(=O)CCCCCCCCCCCCCCCCC(=O)O)C(=O)O)C(=O)CN[C@@H](Cc1ccc(O)cc1)C(N)=O. The second kappa shape index (κ2) is 40.9. The highest BCUT2D eigenvalue weighted by molar-refractivity contribution is 5.88. The summed E-state index contributed by atoms with van der Waals surface area (Å²) < 4.78 is 10.9. The van der Waals surface area contributed by atoms with Crippen molar-refractivity contribution in [2.75, 3.05) is 46.1 Å². The Labute approximate surface area is 416 Å². The predicted octanol–water partition coefficient (Wildman–Crippen LogP) is 5.87. The van der Waals surface area contributed by atoms with Gasteiger partial charge in [-0.3, -0.25) is 38.9 Å². The molecule has 0 aliphatic carbocycles. The highest BCUT2D eigenvalue weighted by Gasteiger charge is 2.23. The molecule has 0 fully saturated rings. The third-order valence-corrected chi connectivity index (χ3v) is 11.8. The number of primary amides is 1. The average Bonchev–Trinajstić information content (AvgIpc) is 3.30. The Morgan fingerprint density at radius 1 is 0.571 bits per heavy atom. The number of hydrogen-bond acceptors (Lipinski definition) is 13. The van der Waals surface area contributed by atoms with Crippen molar-refractivity contribution in [1.29, 1.82) is 0 Å². The van der Waals surface area contributed by atoms with Crippen LogP contribution in [0.1, 0.15) is 174 Å². The van der Waals surface area contributed by atoms with Crippen LogP contribution in [0.3, 0.4) is 0 Å². The van der Waals surface area contributed by atoms with Crippen molar-refractivity contribution in [3.8, 4) is 5.75 Å². The van der Waals surface area contributed by atoms with Crippen LogP contribution in [0, 0.1) is 5.92 Å². The van der Waals surface area contributed by atoms with Crippen molar-refractivity contribution >= 4 is 47.0 Å². The predicted molar refractivity (Wildman–Crippen MR) is 267 cm³/mol. The summed E-state index contributed by atoms with van der Waals surface area (Å²) in [7, 11) is 0. The minimum absolute atomic E-state index is 0.0164. The topological polar surface area (TPSA) is 290 Å². The number of amides is 3. The number of ketones is 3. The van der Waals surface area contributed by atoms with Gasteiger partial charge in [0, 0.05) is 45.3 Å². The van der Waals surface area contributed by atoms with Crippen molar-refractivity contribution in [2.24, 2.45) is 11.7 Å². The number of carbonyl (C=O) groups is 8. The van der Waals surface area contributed by atoms with Crippen molar-refractivity contribution in [2.45, 2.75) is 192 Å². The van der Waals surface area contributed by atoms with E-state index in [1.54, 1.807) is 12.1 Å². The number of aliphatic carboxylic acids is 2. The van der Waals surface area contributed by atoms with Crippen LogP contribution >= 0.6 is 0 Å². The van der Waals surface area contributed by atoms with Gasteiger partial charge in [0.25, 0.3) is 0 Å². The monoisotopic (exact) mass is 990 g/mol. The number of phenols is 1. The lowest BCUT2D eigenvalue weighted by molar-refractivity contribution is -0.142. The van der Waals surface area contributed by atoms with Crippen molar-refractivity contribution in [1.82, 2.24) is 21.3 Å². The molecule has 0 aliphatic heterocycles. The van der Waals surface area contributed by atoms with Gasteiger partial charge in [-0.05, 0) is 75.0 Å². The Kier molecular flexibility index (Phi) is 36.9. The van der Waals surface area contributed by atoms with E-state index in [-0.39, 0.29) is 119 Å². The molecule has 398 valence electrons. The molecule has 0 radical (unpaired) electrons. The number of benzene rings is 1. The zero-order valence-corrected chi connectivity index (χ0v) is 42.2. The summed E-state index contributed by atoms with van der Waals surface area (Å²) >= 11 is 0. The van der Waals surface area contributed by atoms with E-state index in [0.717, 1.165) is 50.5 Å². The number of Topliss-reactive ketones (excluding diaryl/α,β-unsaturated/α-hetero) is 3. The highest BCUT2D eigenvalue weighted by atomic mass is 16.5. The molecule has 3 amide bonds. The first-order valence-electron chi connectivity index (χ1n) is 25.8. The molecule has 70 heavy (non-hydrogen) atoms. The maximum Gasteiger partial charge on any atom is 0.326 e. The third-order valence-electron chi connectivity index (χ3n) is 11.8. The zero-order chi connectivity index (χ0) is 51.8. The Morgan fingerprint density at radius 3 is 1.71 bits per heavy atom. The molecule has 1 aromatic rings. The minimum Gasteiger partial charge on any atom is -0.508 e. The molecule has 0 saturated heterocycles. The molecule has 0 bridgehead atoms. The Balaban J connectivity index is 2.17. The maximum atomic E-state index is 13.3. The fourth-order valence-electron chi connectivity index (χ4n) is 7.78. The number of phenolic OH excluding ortho intramolecular Hbond substituents is 1. The van der Waals surface area contributed by atoms with Gasteiger partial charge in [-0.2, -0.15) is 0 Å². The molecule has 0 aromatic heterocycles. The first-order valence-corrected chi connectivity index (χ1v) is 25.8. The van der Waals surface area contributed by atoms with Gasteiger partial charge < -0.3 is 46.5 Å². The summed E-state index contributed by atoms with van der Waals surface area (Å²) in [5, 5.41) is 39.2. The van der Waals surface area contributed by atoms with Gasteiger partial charge in [-0.15, -0.1) is 0 Å². The summed E-state index contributed by atoms with van der Waals surface area (Å²) in [5.41, 5.74) is 6.34. The Morgan fingerprint density at radius 2 is 1.14 bits per heavy atom. The quantitative estimate of drug-likeness (QED) is 0.0355. The van der Waals surface area contributed by atoms with E-state index in [9.17, 15) is 48.6 Å². The van der Waals surface area contributed by atoms with Crippen LogP contribution in [0.15, 0.2) is 24.3 Å². The Bertz CT molecular complexity index is 1660. The van der Waals surface area contributed by atoms with E-state index in [4.69, 9.17) is 20.3 Å². The normalized spacial score (nSPS) is 12.6. The molecule has 18 nitrogen and oxygen atoms in total. The molecule has 0 aliphatic rings. The molecule has 18 heteroatoms. The molecule has 0 unspecified atom stereocenters. The van der Waals surface area contributed by atoms with Crippen LogP contribution in [0.5, 0.6) is 5.75 Å². The van der Waals surface area contributed by atoms with Gasteiger partial charge in [-0.25, -0.2) is 4.79 Å². The fourth-order valence-corrected chi connectivity index (χ4v) is 7.78. The average molecular weight is 990 g/mol. The van der Waals surface area contributed by atoms with E-state index < -0.39 is 36.0 Å². The molecule has 0 saturated carbocycles. The number of carbonyl (C=O) groups excluding carboxylic acids is 6. The second-order valence-electron chi connectivity index (χ2n) is 18.7. The molecule has 3 atom stereocenters. The first kappa shape index (κ1) is 63.2. The molecular weight excluding hydrogens is 903 g/mol. The van der Waals surface area contributed by atoms with Crippen LogP contribution in [0.4, 0.5) is 0 Å². The molecule has 9 N–H and O–H groups in total. The van der Waals surface area contributed by atoms with E-state index in [0.29, 0.717) is 45.1 Å². The van der Waals surface area contributed by atoms with E-state index >= 15 is 0 Å². The molecular formula is C52H87N5O13. The third kappa shape index (κ3) is 36.2. The van der Waals surface area contributed by atoms with Gasteiger partial charge in [0.05, 0.1) is 38.4 Å². The lowest BCUT2D eigenvalue weighted by atomic mass is 10.0. The smallest absolute Gasteiger partial charge is 0.326 e. The molecule has 1 rings (SSSR count). The standard InChI is InChI=1S/C52H87N5O13/c1-39(2)34-43(60)36-55-44(47(61)37-56-46(51(53)66)35-40-24-26-42(59)27-25-40)21-17-18-30-54-49(63)38-70-33-32-69-31-19-20-41(58)28-29-45(52(67)68)57-48(62)22-15-13-11-9-7-5-3-4-6-8-10-12-14-16-23-50(64)65/h24-27,39,44-46,55-56,59H,3-23,28-38H2,1-2H3,(H2,53,66)(H,54,63)(H,57,62)(H,64,65)(H,67,68)/t44-,45-,46-/m0/s1. The number of ether oxygens (including phenoxy) is 2. The summed E-state index contributed by atoms with van der Waals surface area (Å²) in [6.45, 7) is 4.59. The van der Waals surface area contributed by atoms with E-state index in [2.05, 4.69) is 21.3 Å². The van der Waals surface area contributed by atoms with E-state index in [1.165, 1.54) is 50.7 Å². The number of aromatic hydroxyl groups is 1. The fraction of sp³-hybridized carbons (Fsp3) is 0.731. The van der Waals surface area contributed by atoms with Crippen molar-refractivity contribution in [3.63, 3.8) is 0 Å². The zero-order valence-electron chi connectivity index (χ0n) is 42.2. The number of nitrogens with one attached hydrogen (secondary N) is 4. The maximum absolute atomic E-state index is 13.3. The van der Waals surface area contributed by atoms with Crippen molar-refractivity contribution in [3.05, 3.63) is 29.8 Å². The number of unbranched alkanes of at least 4 members (excludes halogenated alkanes) is 14. The van der Waals surface area contributed by atoms with Crippen LogP contribution in [-0.4, -0.2) is 127 Å². The van der Waals surface area contributed by atoms with Crippen molar-refractivity contribution < 1.29 is 63.1 Å². The summed E-state index contributed by atoms with van der Waals surface area (Å²) in [4.78, 5) is 97.2. The Hall–Kier alpha value is -4.78. The van der Waals surface area contributed by atoms with Crippen LogP contribution < -0.4 is 27.0 Å². The number of hydrogen-bond donors (Lipinski definition) is 8. The molecule has 1 aromatic carbocycles. The number of carboxylic acid groups (broad SMARTS) is 2. The van der Waals surface area contributed by atoms with Gasteiger partial charge in [0.1, 0.15) is 30.0 Å². The number of rotatable bonds is 48. The summed E-state index contributed by atoms with van der Waals surface area (Å²) in [6.07, 6.45) is 18.3. The molecule has 0 spiro atoms. The van der Waals surface area contributed by atoms with Gasteiger partial charge in [-0.1, -0.05) is 103 Å². The lowest BCUT2D eigenvalue weighted by Crippen LogP contribution is -2.49. The van der Waals surface area contributed by atoms with Crippen LogP contribution in [0.2, 0.25) is 0 Å². The van der Waals surface area contributed by atoms with Crippen LogP contribution in [0.25, 0.3) is 0 Å². The summed E-state index contributed by atoms with van der Waals surface area (Å²) in [5.74, 6) is -3.25. The van der Waals surface area contributed by atoms with Crippen LogP contribution in [-0.2, 0) is 54.3 Å². The first-order chi connectivity index (χ1) is 33.6. The summed E-state index contributed by atoms with van der Waals surface area (Å²) in [6, 6.07) is 3.74. The largest absolute Gasteiger partial charge is 0.508 e. The van der Waals surface area contributed by atoms with Gasteiger partial charge in [0.15, 0.2) is 5.78 Å². The molecule has 0 heterocycles. The van der Waals surface area contributed by atoms with E-state index in [1.807, 2.05) is 13.8 Å². The highest BCUT2D eigenvalue weighted by Crippen LogP contribution is 2.15. The van der Waals surface area contributed by atoms with Gasteiger partial charge >= 0.3 is 11.9 Å². The lowest BCUT2D eigenvalue weighted by Gasteiger charge is -2.20. The van der Waals surface area contributed by atoms with Gasteiger partial charge in [0.2, 0.25) is 17.7 Å². The second-order valence-corrected chi connectivity index (χ2v) is 18.7.